The lowest BCUT2D eigenvalue weighted by molar-refractivity contribution is -0.237. The molecule has 0 amide bonds. The van der Waals surface area contributed by atoms with Gasteiger partial charge < -0.3 is 43.8 Å². The molecule has 4 rings (SSSR count). The number of benzene rings is 2. The van der Waals surface area contributed by atoms with E-state index in [0.29, 0.717) is 6.29 Å². The highest BCUT2D eigenvalue weighted by molar-refractivity contribution is 6.16. The first-order chi connectivity index (χ1) is 18.3. The van der Waals surface area contributed by atoms with Gasteiger partial charge in [-0.25, -0.2) is 4.68 Å². The van der Waals surface area contributed by atoms with Crippen LogP contribution in [0.2, 0.25) is 0 Å². The number of fused-ring (bicyclic) bond motifs is 1. The molecule has 1 aliphatic rings. The number of aliphatic hydroxyl groups is 3. The fraction of sp³-hybridized carbons (Fsp3) is 0.346. The van der Waals surface area contributed by atoms with Gasteiger partial charge in [-0.05, 0) is 24.3 Å². The number of hydrogen-bond acceptors (Lipinski definition) is 11. The second kappa shape index (κ2) is 10.7. The Bertz CT molecular complexity index is 1400. The van der Waals surface area contributed by atoms with Crippen LogP contribution < -0.4 is 18.9 Å². The highest BCUT2D eigenvalue weighted by Crippen LogP contribution is 2.40. The number of aldehydes is 1. The molecule has 5 atom stereocenters. The van der Waals surface area contributed by atoms with E-state index in [2.05, 4.69) is 11.0 Å². The van der Waals surface area contributed by atoms with Crippen LogP contribution in [0.3, 0.4) is 0 Å². The molecule has 12 nitrogen and oxygen atoms in total. The predicted octanol–water partition coefficient (Wildman–Crippen LogP) is 0.462. The standard InChI is InChI=1S/C26H26N2O10/c1-6-13-15(34-2)8-7-14-19(21(30)12-9-16(35-3)25(37-5)17(10-12)36-4)27-28(20(13)14)26-24(33)23(32)22(31)18(11-29)38-26/h1,7-11,18,22-24,26,31-33H,2-5H3/t18?,22-,23+,24?,26-/m1/s1. The molecule has 0 spiro atoms. The number of aliphatic hydroxyl groups excluding tert-OH is 3. The minimum atomic E-state index is -1.75. The van der Waals surface area contributed by atoms with Crippen molar-refractivity contribution < 1.29 is 48.6 Å². The van der Waals surface area contributed by atoms with Crippen LogP contribution in [0.25, 0.3) is 10.9 Å². The molecule has 2 aromatic carbocycles. The van der Waals surface area contributed by atoms with E-state index >= 15 is 0 Å². The molecule has 0 bridgehead atoms. The minimum absolute atomic E-state index is 0.0903. The van der Waals surface area contributed by atoms with Crippen LogP contribution in [-0.4, -0.2) is 90.0 Å². The van der Waals surface area contributed by atoms with Crippen molar-refractivity contribution in [1.82, 2.24) is 9.78 Å². The lowest BCUT2D eigenvalue weighted by Gasteiger charge is -2.38. The highest BCUT2D eigenvalue weighted by Gasteiger charge is 2.46. The number of ketones is 1. The molecule has 200 valence electrons. The van der Waals surface area contributed by atoms with E-state index in [1.807, 2.05) is 0 Å². The smallest absolute Gasteiger partial charge is 0.214 e. The Hall–Kier alpha value is -4.15. The third kappa shape index (κ3) is 4.21. The summed E-state index contributed by atoms with van der Waals surface area (Å²) in [6.07, 6.45) is -2.06. The van der Waals surface area contributed by atoms with Crippen LogP contribution in [0.15, 0.2) is 24.3 Å². The number of rotatable bonds is 8. The predicted molar refractivity (Wildman–Crippen MR) is 132 cm³/mol. The average molecular weight is 526 g/mol. The normalized spacial score (nSPS) is 22.9. The molecule has 2 heterocycles. The van der Waals surface area contributed by atoms with Gasteiger partial charge in [-0.3, -0.25) is 4.79 Å². The Morgan fingerprint density at radius 3 is 2.16 bits per heavy atom. The first-order valence-electron chi connectivity index (χ1n) is 11.3. The molecule has 0 saturated carbocycles. The summed E-state index contributed by atoms with van der Waals surface area (Å²) in [5.74, 6) is 2.96. The van der Waals surface area contributed by atoms with Crippen LogP contribution in [0.5, 0.6) is 23.0 Å². The Balaban J connectivity index is 1.97. The SMILES string of the molecule is C#Cc1c(OC)ccc2c(C(=O)c3cc(OC)c(OC)c(OC)c3)nn([C@@H]3OC(C=O)[C@@H](O)[C@H](O)C3O)c12. The van der Waals surface area contributed by atoms with Crippen LogP contribution >= 0.6 is 0 Å². The molecule has 0 radical (unpaired) electrons. The Labute approximate surface area is 217 Å². The van der Waals surface area contributed by atoms with Crippen molar-refractivity contribution in [2.24, 2.45) is 0 Å². The number of carbonyl (C=O) groups is 2. The Morgan fingerprint density at radius 2 is 1.63 bits per heavy atom. The number of terminal acetylenes is 1. The van der Waals surface area contributed by atoms with Crippen LogP contribution in [0, 0.1) is 12.3 Å². The van der Waals surface area contributed by atoms with Gasteiger partial charge in [-0.2, -0.15) is 5.10 Å². The van der Waals surface area contributed by atoms with Gasteiger partial charge in [0.05, 0.1) is 39.5 Å². The summed E-state index contributed by atoms with van der Waals surface area (Å²) in [7, 11) is 5.65. The second-order valence-electron chi connectivity index (χ2n) is 8.32. The fourth-order valence-electron chi connectivity index (χ4n) is 4.43. The molecule has 1 saturated heterocycles. The quantitative estimate of drug-likeness (QED) is 0.213. The molecule has 3 N–H and O–H groups in total. The van der Waals surface area contributed by atoms with E-state index < -0.39 is 36.4 Å². The van der Waals surface area contributed by atoms with Crippen LogP contribution in [0.4, 0.5) is 0 Å². The third-order valence-corrected chi connectivity index (χ3v) is 6.34. The average Bonchev–Trinajstić information content (AvgIpc) is 3.33. The van der Waals surface area contributed by atoms with Crippen LogP contribution in [-0.2, 0) is 9.53 Å². The van der Waals surface area contributed by atoms with Crippen molar-refractivity contribution in [1.29, 1.82) is 0 Å². The second-order valence-corrected chi connectivity index (χ2v) is 8.32. The van der Waals surface area contributed by atoms with E-state index in [1.54, 1.807) is 12.1 Å². The number of hydrogen-bond donors (Lipinski definition) is 3. The lowest BCUT2D eigenvalue weighted by Crippen LogP contribution is -2.56. The summed E-state index contributed by atoms with van der Waals surface area (Å²) < 4.78 is 28.1. The summed E-state index contributed by atoms with van der Waals surface area (Å²) >= 11 is 0. The minimum Gasteiger partial charge on any atom is -0.495 e. The fourth-order valence-corrected chi connectivity index (χ4v) is 4.43. The number of carbonyl (C=O) groups excluding carboxylic acids is 2. The van der Waals surface area contributed by atoms with Gasteiger partial charge in [0.1, 0.15) is 35.9 Å². The summed E-state index contributed by atoms with van der Waals surface area (Å²) in [5, 5.41) is 35.9. The number of ether oxygens (including phenoxy) is 5. The van der Waals surface area contributed by atoms with Crippen molar-refractivity contribution in [2.75, 3.05) is 28.4 Å². The zero-order valence-corrected chi connectivity index (χ0v) is 20.9. The molecule has 1 aromatic heterocycles. The molecule has 1 aliphatic heterocycles. The Morgan fingerprint density at radius 1 is 1.00 bits per heavy atom. The van der Waals surface area contributed by atoms with Gasteiger partial charge >= 0.3 is 0 Å². The number of aromatic nitrogens is 2. The molecule has 38 heavy (non-hydrogen) atoms. The maximum atomic E-state index is 13.8. The van der Waals surface area contributed by atoms with Crippen molar-refractivity contribution >= 4 is 23.0 Å². The first-order valence-corrected chi connectivity index (χ1v) is 11.3. The van der Waals surface area contributed by atoms with E-state index in [1.165, 1.54) is 40.6 Å². The van der Waals surface area contributed by atoms with Gasteiger partial charge in [-0.15, -0.1) is 6.42 Å². The van der Waals surface area contributed by atoms with E-state index in [0.717, 1.165) is 4.68 Å². The zero-order chi connectivity index (χ0) is 27.7. The highest BCUT2D eigenvalue weighted by atomic mass is 16.6. The third-order valence-electron chi connectivity index (χ3n) is 6.34. The summed E-state index contributed by atoms with van der Waals surface area (Å²) in [6.45, 7) is 0. The molecule has 12 heteroatoms. The van der Waals surface area contributed by atoms with E-state index in [4.69, 9.17) is 30.1 Å². The van der Waals surface area contributed by atoms with Crippen molar-refractivity contribution in [3.8, 4) is 35.3 Å². The summed E-state index contributed by atoms with van der Waals surface area (Å²) in [6, 6.07) is 6.02. The molecular formula is C26H26N2O10. The topological polar surface area (TPSA) is 159 Å². The molecule has 0 aliphatic carbocycles. The van der Waals surface area contributed by atoms with Crippen molar-refractivity contribution in [3.05, 3.63) is 41.1 Å². The molecule has 2 unspecified atom stereocenters. The molecule has 1 fully saturated rings. The van der Waals surface area contributed by atoms with Crippen molar-refractivity contribution in [2.45, 2.75) is 30.6 Å². The lowest BCUT2D eigenvalue weighted by atomic mass is 9.98. The maximum Gasteiger partial charge on any atom is 0.214 e. The molecule has 3 aromatic rings. The van der Waals surface area contributed by atoms with Gasteiger partial charge in [0.2, 0.25) is 11.5 Å². The van der Waals surface area contributed by atoms with Gasteiger partial charge in [0, 0.05) is 10.9 Å². The zero-order valence-electron chi connectivity index (χ0n) is 20.9. The van der Waals surface area contributed by atoms with Gasteiger partial charge in [0.25, 0.3) is 0 Å². The summed E-state index contributed by atoms with van der Waals surface area (Å²) in [5.41, 5.74) is 0.392. The van der Waals surface area contributed by atoms with Gasteiger partial charge in [-0.1, -0.05) is 5.92 Å². The Kier molecular flexibility index (Phi) is 7.56. The van der Waals surface area contributed by atoms with E-state index in [-0.39, 0.29) is 50.7 Å². The first kappa shape index (κ1) is 26.9. The number of methoxy groups -OCH3 is 4. The molecular weight excluding hydrogens is 500 g/mol. The van der Waals surface area contributed by atoms with E-state index in [9.17, 15) is 24.9 Å². The van der Waals surface area contributed by atoms with Crippen molar-refractivity contribution in [3.63, 3.8) is 0 Å². The maximum absolute atomic E-state index is 13.8. The van der Waals surface area contributed by atoms with Gasteiger partial charge in [0.15, 0.2) is 24.0 Å². The number of nitrogens with zero attached hydrogens (tertiary/aromatic N) is 2. The summed E-state index contributed by atoms with van der Waals surface area (Å²) in [4.78, 5) is 25.3. The van der Waals surface area contributed by atoms with Crippen LogP contribution in [0.1, 0.15) is 27.8 Å². The monoisotopic (exact) mass is 526 g/mol. The largest absolute Gasteiger partial charge is 0.495 e.